The predicted molar refractivity (Wildman–Crippen MR) is 105 cm³/mol. The minimum atomic E-state index is -1.14. The van der Waals surface area contributed by atoms with Crippen molar-refractivity contribution in [3.8, 4) is 5.75 Å². The van der Waals surface area contributed by atoms with E-state index >= 15 is 0 Å². The third kappa shape index (κ3) is 3.90. The lowest BCUT2D eigenvalue weighted by molar-refractivity contribution is -0.140. The first-order chi connectivity index (χ1) is 14.0. The molecule has 3 rings (SSSR count). The summed E-state index contributed by atoms with van der Waals surface area (Å²) >= 11 is 0. The molecule has 1 fully saturated rings. The Morgan fingerprint density at radius 1 is 1.17 bits per heavy atom. The molecule has 0 spiro atoms. The number of hydrogen-bond acceptors (Lipinski definition) is 5. The zero-order valence-electron chi connectivity index (χ0n) is 15.5. The molecule has 0 bridgehead atoms. The van der Waals surface area contributed by atoms with Crippen molar-refractivity contribution in [1.82, 2.24) is 4.90 Å². The summed E-state index contributed by atoms with van der Waals surface area (Å²) < 4.78 is 19.9. The Morgan fingerprint density at radius 3 is 2.48 bits per heavy atom. The lowest BCUT2D eigenvalue weighted by atomic mass is 9.95. The summed E-state index contributed by atoms with van der Waals surface area (Å²) in [5.74, 6) is -2.35. The van der Waals surface area contributed by atoms with Crippen molar-refractivity contribution in [3.63, 3.8) is 0 Å². The van der Waals surface area contributed by atoms with Gasteiger partial charge in [-0.15, -0.1) is 0 Å². The molecule has 2 aromatic carbocycles. The summed E-state index contributed by atoms with van der Waals surface area (Å²) in [6.45, 7) is 3.29. The number of hydrogen-bond donors (Lipinski definition) is 2. The number of carbonyl (C=O) groups is 2. The normalized spacial score (nSPS) is 18.1. The minimum absolute atomic E-state index is 0.0626. The van der Waals surface area contributed by atoms with Gasteiger partial charge >= 0.3 is 0 Å². The Balaban J connectivity index is 2.10. The van der Waals surface area contributed by atoms with Crippen LogP contribution in [0, 0.1) is 5.82 Å². The molecule has 1 heterocycles. The van der Waals surface area contributed by atoms with Crippen molar-refractivity contribution in [2.45, 2.75) is 6.04 Å². The minimum Gasteiger partial charge on any atom is -0.507 e. The molecule has 1 atom stereocenters. The van der Waals surface area contributed by atoms with Crippen LogP contribution in [0.3, 0.4) is 0 Å². The van der Waals surface area contributed by atoms with Crippen LogP contribution in [0.1, 0.15) is 17.2 Å². The van der Waals surface area contributed by atoms with E-state index in [1.54, 1.807) is 24.3 Å². The molecule has 0 aliphatic carbocycles. The number of rotatable bonds is 7. The third-order valence-electron chi connectivity index (χ3n) is 4.58. The van der Waals surface area contributed by atoms with Crippen LogP contribution in [0.15, 0.2) is 66.8 Å². The molecule has 1 unspecified atom stereocenters. The SMILES string of the molecule is C=CCOc1ccc(/C(O)=C2/C(=O)C(=O)N(CCO)C2c2ccccc2F)cc1. The molecule has 2 aromatic rings. The van der Waals surface area contributed by atoms with Crippen LogP contribution in [0.5, 0.6) is 5.75 Å². The molecule has 2 N–H and O–H groups in total. The fraction of sp³-hybridized carbons (Fsp3) is 0.182. The molecule has 1 amide bonds. The number of benzene rings is 2. The second-order valence-electron chi connectivity index (χ2n) is 6.36. The van der Waals surface area contributed by atoms with E-state index in [1.165, 1.54) is 30.3 Å². The molecule has 150 valence electrons. The van der Waals surface area contributed by atoms with E-state index in [-0.39, 0.29) is 23.2 Å². The van der Waals surface area contributed by atoms with Crippen molar-refractivity contribution in [3.05, 3.63) is 83.7 Å². The quantitative estimate of drug-likeness (QED) is 0.325. The van der Waals surface area contributed by atoms with Gasteiger partial charge in [-0.25, -0.2) is 4.39 Å². The van der Waals surface area contributed by atoms with Gasteiger partial charge in [-0.2, -0.15) is 0 Å². The summed E-state index contributed by atoms with van der Waals surface area (Å²) in [7, 11) is 0. The molecule has 1 aliphatic rings. The van der Waals surface area contributed by atoms with Gasteiger partial charge in [0.05, 0.1) is 18.2 Å². The largest absolute Gasteiger partial charge is 0.507 e. The van der Waals surface area contributed by atoms with Crippen LogP contribution in [-0.2, 0) is 9.59 Å². The smallest absolute Gasteiger partial charge is 0.295 e. The van der Waals surface area contributed by atoms with Crippen LogP contribution in [-0.4, -0.2) is 46.6 Å². The van der Waals surface area contributed by atoms with Gasteiger partial charge in [0, 0.05) is 17.7 Å². The van der Waals surface area contributed by atoms with Gasteiger partial charge < -0.3 is 19.8 Å². The van der Waals surface area contributed by atoms with Gasteiger partial charge in [-0.1, -0.05) is 30.9 Å². The maximum Gasteiger partial charge on any atom is 0.295 e. The summed E-state index contributed by atoms with van der Waals surface area (Å²) in [5.41, 5.74) is 0.111. The van der Waals surface area contributed by atoms with Gasteiger partial charge in [0.1, 0.15) is 23.9 Å². The van der Waals surface area contributed by atoms with Crippen molar-refractivity contribution < 1.29 is 28.9 Å². The van der Waals surface area contributed by atoms with E-state index < -0.39 is 35.9 Å². The van der Waals surface area contributed by atoms with E-state index in [0.717, 1.165) is 4.90 Å². The Bertz CT molecular complexity index is 967. The van der Waals surface area contributed by atoms with Gasteiger partial charge in [0.15, 0.2) is 0 Å². The average molecular weight is 397 g/mol. The summed E-state index contributed by atoms with van der Waals surface area (Å²) in [6, 6.07) is 10.8. The number of aliphatic hydroxyl groups excluding tert-OH is 2. The van der Waals surface area contributed by atoms with Crippen molar-refractivity contribution in [2.24, 2.45) is 0 Å². The number of nitrogens with zero attached hydrogens (tertiary/aromatic N) is 1. The molecule has 0 radical (unpaired) electrons. The van der Waals surface area contributed by atoms with Crippen LogP contribution in [0.4, 0.5) is 4.39 Å². The number of β-amino-alcohol motifs (C(OH)–C–C–N with tert-alkyl or cyclic N) is 1. The number of amides is 1. The topological polar surface area (TPSA) is 87.1 Å². The molecule has 7 heteroatoms. The zero-order chi connectivity index (χ0) is 21.0. The number of likely N-dealkylation sites (tertiary alicyclic amines) is 1. The third-order valence-corrected chi connectivity index (χ3v) is 4.58. The number of aliphatic hydroxyl groups is 2. The Morgan fingerprint density at radius 2 is 1.86 bits per heavy atom. The lowest BCUT2D eigenvalue weighted by Gasteiger charge is -2.24. The van der Waals surface area contributed by atoms with Gasteiger partial charge in [0.25, 0.3) is 11.7 Å². The number of carbonyl (C=O) groups excluding carboxylic acids is 2. The van der Waals surface area contributed by atoms with Crippen LogP contribution in [0.2, 0.25) is 0 Å². The second-order valence-corrected chi connectivity index (χ2v) is 6.36. The first-order valence-electron chi connectivity index (χ1n) is 8.97. The van der Waals surface area contributed by atoms with E-state index in [2.05, 4.69) is 6.58 Å². The highest BCUT2D eigenvalue weighted by Crippen LogP contribution is 2.40. The second kappa shape index (κ2) is 8.70. The number of Topliss-reactive ketones (excluding diaryl/α,β-unsaturated/α-hetero) is 1. The van der Waals surface area contributed by atoms with Crippen molar-refractivity contribution in [1.29, 1.82) is 0 Å². The molecule has 1 saturated heterocycles. The molecule has 0 saturated carbocycles. The number of halogens is 1. The van der Waals surface area contributed by atoms with Crippen LogP contribution < -0.4 is 4.74 Å². The Labute approximate surface area is 167 Å². The monoisotopic (exact) mass is 397 g/mol. The van der Waals surface area contributed by atoms with Gasteiger partial charge in [-0.3, -0.25) is 9.59 Å². The highest BCUT2D eigenvalue weighted by Gasteiger charge is 2.46. The van der Waals surface area contributed by atoms with Crippen molar-refractivity contribution in [2.75, 3.05) is 19.8 Å². The van der Waals surface area contributed by atoms with E-state index in [9.17, 15) is 24.2 Å². The first kappa shape index (κ1) is 20.3. The molecule has 1 aliphatic heterocycles. The van der Waals surface area contributed by atoms with E-state index in [0.29, 0.717) is 12.4 Å². The summed E-state index contributed by atoms with van der Waals surface area (Å²) in [6.07, 6.45) is 1.59. The average Bonchev–Trinajstić information content (AvgIpc) is 2.97. The highest BCUT2D eigenvalue weighted by molar-refractivity contribution is 6.46. The van der Waals surface area contributed by atoms with Crippen LogP contribution in [0.25, 0.3) is 5.76 Å². The number of ether oxygens (including phenoxy) is 1. The standard InChI is InChI=1S/C22H20FNO5/c1-2-13-29-15-9-7-14(8-10-15)20(26)18-19(16-5-3-4-6-17(16)23)24(11-12-25)22(28)21(18)27/h2-10,19,25-26H,1,11-13H2/b20-18-. The predicted octanol–water partition coefficient (Wildman–Crippen LogP) is 2.80. The van der Waals surface area contributed by atoms with Crippen LogP contribution >= 0.6 is 0 Å². The fourth-order valence-electron chi connectivity index (χ4n) is 3.26. The molecule has 6 nitrogen and oxygen atoms in total. The van der Waals surface area contributed by atoms with E-state index in [1.807, 2.05) is 0 Å². The zero-order valence-corrected chi connectivity index (χ0v) is 15.5. The molecule has 0 aromatic heterocycles. The first-order valence-corrected chi connectivity index (χ1v) is 8.97. The lowest BCUT2D eigenvalue weighted by Crippen LogP contribution is -2.32. The number of ketones is 1. The summed E-state index contributed by atoms with van der Waals surface area (Å²) in [4.78, 5) is 26.2. The highest BCUT2D eigenvalue weighted by atomic mass is 19.1. The van der Waals surface area contributed by atoms with Gasteiger partial charge in [0.2, 0.25) is 0 Å². The Kier molecular flexibility index (Phi) is 6.09. The molecular formula is C22H20FNO5. The maximum atomic E-state index is 14.5. The van der Waals surface area contributed by atoms with E-state index in [4.69, 9.17) is 4.74 Å². The molecule has 29 heavy (non-hydrogen) atoms. The van der Waals surface area contributed by atoms with Gasteiger partial charge in [-0.05, 0) is 30.3 Å². The maximum absolute atomic E-state index is 14.5. The summed E-state index contributed by atoms with van der Waals surface area (Å²) in [5, 5.41) is 20.1. The fourth-order valence-corrected chi connectivity index (χ4v) is 3.26. The molecular weight excluding hydrogens is 377 g/mol. The Hall–Kier alpha value is -3.45. The van der Waals surface area contributed by atoms with Crippen molar-refractivity contribution >= 4 is 17.4 Å².